The van der Waals surface area contributed by atoms with Crippen LogP contribution < -0.4 is 10.2 Å². The molecule has 0 radical (unpaired) electrons. The Morgan fingerprint density at radius 1 is 1.07 bits per heavy atom. The van der Waals surface area contributed by atoms with Gasteiger partial charge < -0.3 is 9.15 Å². The summed E-state index contributed by atoms with van der Waals surface area (Å²) in [5.74, 6) is -0.503. The topological polar surface area (TPSA) is 73.6 Å². The Balaban J connectivity index is 1.90. The van der Waals surface area contributed by atoms with Crippen molar-refractivity contribution >= 4 is 22.5 Å². The quantitative estimate of drug-likeness (QED) is 0.588. The second-order valence-electron chi connectivity index (χ2n) is 6.52. The van der Waals surface area contributed by atoms with Gasteiger partial charge in [0.2, 0.25) is 0 Å². The minimum Gasteiger partial charge on any atom is -0.488 e. The van der Waals surface area contributed by atoms with Crippen molar-refractivity contribution < 1.29 is 18.7 Å². The smallest absolute Gasteiger partial charge is 0.198 e. The number of Topliss-reactive ketones (excluding diaryl/α,β-unsaturated/α-hetero) is 2. The minimum absolute atomic E-state index is 0.00791. The minimum atomic E-state index is -0.418. The summed E-state index contributed by atoms with van der Waals surface area (Å²) in [6, 6.07) is 15.8. The van der Waals surface area contributed by atoms with Crippen LogP contribution in [0.15, 0.2) is 63.8 Å². The summed E-state index contributed by atoms with van der Waals surface area (Å²) in [6.07, 6.45) is 0.00791. The zero-order valence-corrected chi connectivity index (χ0v) is 15.2. The average Bonchev–Trinajstić information content (AvgIpc) is 2.66. The van der Waals surface area contributed by atoms with Gasteiger partial charge >= 0.3 is 0 Å². The van der Waals surface area contributed by atoms with Gasteiger partial charge in [-0.2, -0.15) is 0 Å². The van der Waals surface area contributed by atoms with E-state index in [4.69, 9.17) is 9.15 Å². The molecule has 0 aliphatic carbocycles. The van der Waals surface area contributed by atoms with Gasteiger partial charge in [-0.25, -0.2) is 0 Å². The molecule has 27 heavy (non-hydrogen) atoms. The lowest BCUT2D eigenvalue weighted by atomic mass is 9.99. The third-order valence-corrected chi connectivity index (χ3v) is 4.41. The van der Waals surface area contributed by atoms with Gasteiger partial charge in [-0.05, 0) is 24.6 Å². The Hall–Kier alpha value is -3.21. The molecule has 1 atom stereocenters. The normalized spacial score (nSPS) is 11.9. The molecule has 5 heteroatoms. The van der Waals surface area contributed by atoms with Crippen molar-refractivity contribution in [3.63, 3.8) is 0 Å². The summed E-state index contributed by atoms with van der Waals surface area (Å²) in [7, 11) is 0. The first-order valence-electron chi connectivity index (χ1n) is 8.73. The number of rotatable bonds is 7. The molecular weight excluding hydrogens is 344 g/mol. The van der Waals surface area contributed by atoms with Crippen LogP contribution in [-0.2, 0) is 11.4 Å². The Morgan fingerprint density at radius 2 is 1.81 bits per heavy atom. The fraction of sp³-hybridized carbons (Fsp3) is 0.227. The molecule has 0 spiro atoms. The Labute approximate surface area is 156 Å². The first kappa shape index (κ1) is 18.6. The number of hydrogen-bond donors (Lipinski definition) is 0. The Kier molecular flexibility index (Phi) is 5.50. The molecule has 0 aliphatic rings. The molecule has 3 rings (SSSR count). The van der Waals surface area contributed by atoms with Crippen LogP contribution >= 0.6 is 0 Å². The van der Waals surface area contributed by atoms with Crippen molar-refractivity contribution in [3.8, 4) is 5.75 Å². The van der Waals surface area contributed by atoms with Crippen molar-refractivity contribution in [2.24, 2.45) is 5.92 Å². The summed E-state index contributed by atoms with van der Waals surface area (Å²) < 4.78 is 11.4. The molecule has 0 saturated carbocycles. The molecule has 0 amide bonds. The Morgan fingerprint density at radius 3 is 2.52 bits per heavy atom. The standard InChI is InChI=1S/C22H20O5/c1-14(15(2)23)11-17(24)21-12-18(25)22-19(9-6-10-20(22)27-21)26-13-16-7-4-3-5-8-16/h3-10,12,14H,11,13H2,1-2H3. The zero-order chi connectivity index (χ0) is 19.4. The number of carbonyl (C=O) groups excluding carboxylic acids is 2. The van der Waals surface area contributed by atoms with Gasteiger partial charge in [0.15, 0.2) is 17.0 Å². The molecule has 0 aliphatic heterocycles. The van der Waals surface area contributed by atoms with Gasteiger partial charge in [0, 0.05) is 18.4 Å². The molecular formula is C22H20O5. The molecule has 0 bridgehead atoms. The molecule has 5 nitrogen and oxygen atoms in total. The van der Waals surface area contributed by atoms with E-state index in [1.165, 1.54) is 13.0 Å². The molecule has 0 N–H and O–H groups in total. The van der Waals surface area contributed by atoms with Crippen LogP contribution in [0.2, 0.25) is 0 Å². The number of fused-ring (bicyclic) bond motifs is 1. The van der Waals surface area contributed by atoms with Gasteiger partial charge in [0.1, 0.15) is 29.1 Å². The fourth-order valence-corrected chi connectivity index (χ4v) is 2.69. The molecule has 1 heterocycles. The van der Waals surface area contributed by atoms with Crippen LogP contribution in [0.3, 0.4) is 0 Å². The number of benzene rings is 2. The summed E-state index contributed by atoms with van der Waals surface area (Å²) >= 11 is 0. The van der Waals surface area contributed by atoms with E-state index in [2.05, 4.69) is 0 Å². The molecule has 0 fully saturated rings. The van der Waals surface area contributed by atoms with E-state index in [0.29, 0.717) is 17.7 Å². The lowest BCUT2D eigenvalue weighted by molar-refractivity contribution is -0.120. The van der Waals surface area contributed by atoms with E-state index >= 15 is 0 Å². The average molecular weight is 364 g/mol. The number of hydrogen-bond acceptors (Lipinski definition) is 5. The molecule has 0 saturated heterocycles. The second-order valence-corrected chi connectivity index (χ2v) is 6.52. The SMILES string of the molecule is CC(=O)C(C)CC(=O)c1cc(=O)c2c(OCc3ccccc3)cccc2o1. The van der Waals surface area contributed by atoms with Crippen LogP contribution in [0, 0.1) is 5.92 Å². The van der Waals surface area contributed by atoms with Crippen molar-refractivity contribution in [1.29, 1.82) is 0 Å². The largest absolute Gasteiger partial charge is 0.488 e. The third kappa shape index (κ3) is 4.31. The summed E-state index contributed by atoms with van der Waals surface area (Å²) in [5, 5.41) is 0.296. The maximum absolute atomic E-state index is 12.6. The maximum Gasteiger partial charge on any atom is 0.198 e. The van der Waals surface area contributed by atoms with Crippen LogP contribution in [0.1, 0.15) is 36.4 Å². The second kappa shape index (κ2) is 7.99. The maximum atomic E-state index is 12.6. The monoisotopic (exact) mass is 364 g/mol. The lowest BCUT2D eigenvalue weighted by Gasteiger charge is -2.10. The van der Waals surface area contributed by atoms with E-state index in [0.717, 1.165) is 5.56 Å². The van der Waals surface area contributed by atoms with Crippen LogP contribution in [0.4, 0.5) is 0 Å². The third-order valence-electron chi connectivity index (χ3n) is 4.41. The molecule has 1 unspecified atom stereocenters. The Bertz CT molecular complexity index is 1030. The van der Waals surface area contributed by atoms with E-state index in [1.807, 2.05) is 30.3 Å². The zero-order valence-electron chi connectivity index (χ0n) is 15.2. The predicted octanol–water partition coefficient (Wildman–Crippen LogP) is 4.17. The van der Waals surface area contributed by atoms with Gasteiger partial charge in [-0.15, -0.1) is 0 Å². The van der Waals surface area contributed by atoms with Crippen molar-refractivity contribution in [2.75, 3.05) is 0 Å². The highest BCUT2D eigenvalue weighted by molar-refractivity contribution is 5.97. The van der Waals surface area contributed by atoms with E-state index in [9.17, 15) is 14.4 Å². The summed E-state index contributed by atoms with van der Waals surface area (Å²) in [6.45, 7) is 3.43. The number of carbonyl (C=O) groups is 2. The van der Waals surface area contributed by atoms with E-state index in [1.54, 1.807) is 25.1 Å². The van der Waals surface area contributed by atoms with E-state index in [-0.39, 0.29) is 34.8 Å². The molecule has 1 aromatic heterocycles. The van der Waals surface area contributed by atoms with Gasteiger partial charge in [-0.3, -0.25) is 14.4 Å². The number of ether oxygens (including phenoxy) is 1. The van der Waals surface area contributed by atoms with Crippen LogP contribution in [0.5, 0.6) is 5.75 Å². The number of ketones is 2. The van der Waals surface area contributed by atoms with Crippen LogP contribution in [-0.4, -0.2) is 11.6 Å². The van der Waals surface area contributed by atoms with Crippen molar-refractivity contribution in [3.05, 3.63) is 76.1 Å². The molecule has 138 valence electrons. The predicted molar refractivity (Wildman–Crippen MR) is 102 cm³/mol. The first-order valence-corrected chi connectivity index (χ1v) is 8.73. The lowest BCUT2D eigenvalue weighted by Crippen LogP contribution is -2.14. The van der Waals surface area contributed by atoms with Crippen molar-refractivity contribution in [2.45, 2.75) is 26.9 Å². The summed E-state index contributed by atoms with van der Waals surface area (Å²) in [4.78, 5) is 36.3. The molecule has 2 aromatic carbocycles. The van der Waals surface area contributed by atoms with Crippen LogP contribution in [0.25, 0.3) is 11.0 Å². The van der Waals surface area contributed by atoms with Gasteiger partial charge in [0.05, 0.1) is 0 Å². The first-order chi connectivity index (χ1) is 13.0. The highest BCUT2D eigenvalue weighted by atomic mass is 16.5. The molecule has 3 aromatic rings. The van der Waals surface area contributed by atoms with Crippen molar-refractivity contribution in [1.82, 2.24) is 0 Å². The fourth-order valence-electron chi connectivity index (χ4n) is 2.69. The van der Waals surface area contributed by atoms with E-state index < -0.39 is 5.92 Å². The highest BCUT2D eigenvalue weighted by Gasteiger charge is 2.19. The highest BCUT2D eigenvalue weighted by Crippen LogP contribution is 2.25. The van der Waals surface area contributed by atoms with Gasteiger partial charge in [-0.1, -0.05) is 43.3 Å². The summed E-state index contributed by atoms with van der Waals surface area (Å²) in [5.41, 5.74) is 0.912. The van der Waals surface area contributed by atoms with Gasteiger partial charge in [0.25, 0.3) is 0 Å².